The first kappa shape index (κ1) is 12.7. The Bertz CT molecular complexity index is 1010. The van der Waals surface area contributed by atoms with Crippen molar-refractivity contribution in [3.8, 4) is 5.75 Å². The Balaban J connectivity index is 1.86. The maximum absolute atomic E-state index is 12.7. The fourth-order valence-corrected chi connectivity index (χ4v) is 2.68. The summed E-state index contributed by atoms with van der Waals surface area (Å²) in [4.78, 5) is 12.7. The number of phenolic OH excluding ortho intramolecular Hbond substituents is 1. The molecule has 0 atom stereocenters. The molecule has 0 amide bonds. The fraction of sp³-hybridized carbons (Fsp3) is 0. The molecule has 0 fully saturated rings. The van der Waals surface area contributed by atoms with Crippen LogP contribution in [0.2, 0.25) is 0 Å². The van der Waals surface area contributed by atoms with Crippen molar-refractivity contribution >= 4 is 27.5 Å². The van der Waals surface area contributed by atoms with Crippen molar-refractivity contribution in [2.75, 3.05) is 0 Å². The maximum Gasteiger partial charge on any atom is 0.196 e. The lowest BCUT2D eigenvalue weighted by atomic mass is 9.99. The number of rotatable bonds is 2. The Kier molecular flexibility index (Phi) is 2.73. The van der Waals surface area contributed by atoms with Gasteiger partial charge in [-0.15, -0.1) is 0 Å². The number of ketones is 1. The van der Waals surface area contributed by atoms with E-state index in [1.54, 1.807) is 12.1 Å². The van der Waals surface area contributed by atoms with E-state index in [2.05, 4.69) is 0 Å². The van der Waals surface area contributed by atoms with Gasteiger partial charge in [0.2, 0.25) is 0 Å². The van der Waals surface area contributed by atoms with Crippen LogP contribution >= 0.6 is 0 Å². The molecule has 3 nitrogen and oxygen atoms in total. The summed E-state index contributed by atoms with van der Waals surface area (Å²) in [6.07, 6.45) is 1.45. The number of phenols is 1. The van der Waals surface area contributed by atoms with Gasteiger partial charge in [0.15, 0.2) is 5.78 Å². The van der Waals surface area contributed by atoms with E-state index in [9.17, 15) is 9.90 Å². The molecule has 1 N–H and O–H groups in total. The van der Waals surface area contributed by atoms with Gasteiger partial charge in [0, 0.05) is 10.9 Å². The number of hydrogen-bond donors (Lipinski definition) is 1. The molecule has 0 aliphatic rings. The Morgan fingerprint density at radius 2 is 1.73 bits per heavy atom. The molecule has 0 bridgehead atoms. The van der Waals surface area contributed by atoms with Gasteiger partial charge in [-0.1, -0.05) is 36.4 Å². The average Bonchev–Trinajstić information content (AvgIpc) is 2.96. The van der Waals surface area contributed by atoms with Crippen molar-refractivity contribution in [3.63, 3.8) is 0 Å². The summed E-state index contributed by atoms with van der Waals surface area (Å²) in [5.41, 5.74) is 1.65. The lowest BCUT2D eigenvalue weighted by Crippen LogP contribution is -2.00. The van der Waals surface area contributed by atoms with Crippen molar-refractivity contribution in [1.82, 2.24) is 0 Å². The summed E-state index contributed by atoms with van der Waals surface area (Å²) in [6.45, 7) is 0. The first-order chi connectivity index (χ1) is 10.7. The Morgan fingerprint density at radius 1 is 0.909 bits per heavy atom. The normalized spacial score (nSPS) is 11.1. The molecule has 0 unspecified atom stereocenters. The molecule has 1 heterocycles. The van der Waals surface area contributed by atoms with E-state index in [-0.39, 0.29) is 11.5 Å². The third-order valence-corrected chi connectivity index (χ3v) is 3.81. The number of carbonyl (C=O) groups excluding carboxylic acids is 1. The Hall–Kier alpha value is -3.07. The number of fused-ring (bicyclic) bond motifs is 2. The van der Waals surface area contributed by atoms with Crippen LogP contribution in [-0.2, 0) is 0 Å². The topological polar surface area (TPSA) is 50.4 Å². The summed E-state index contributed by atoms with van der Waals surface area (Å²) in [5.74, 6) is -0.00318. The number of furan rings is 1. The first-order valence-electron chi connectivity index (χ1n) is 6.96. The molecule has 0 spiro atoms. The summed E-state index contributed by atoms with van der Waals surface area (Å²) < 4.78 is 5.40. The van der Waals surface area contributed by atoms with Gasteiger partial charge in [0.1, 0.15) is 17.6 Å². The van der Waals surface area contributed by atoms with Gasteiger partial charge in [0.05, 0.1) is 5.56 Å². The highest BCUT2D eigenvalue weighted by atomic mass is 16.3. The second kappa shape index (κ2) is 4.74. The van der Waals surface area contributed by atoms with Crippen molar-refractivity contribution in [3.05, 3.63) is 78.1 Å². The van der Waals surface area contributed by atoms with E-state index >= 15 is 0 Å². The van der Waals surface area contributed by atoms with Gasteiger partial charge in [-0.3, -0.25) is 4.79 Å². The third-order valence-electron chi connectivity index (χ3n) is 3.81. The molecule has 4 rings (SSSR count). The second-order valence-electron chi connectivity index (χ2n) is 5.22. The number of aromatic hydroxyl groups is 1. The average molecular weight is 288 g/mol. The van der Waals surface area contributed by atoms with Gasteiger partial charge in [0.25, 0.3) is 0 Å². The zero-order chi connectivity index (χ0) is 15.1. The van der Waals surface area contributed by atoms with Gasteiger partial charge in [-0.25, -0.2) is 0 Å². The minimum atomic E-state index is -0.116. The molecule has 3 heteroatoms. The number of carbonyl (C=O) groups is 1. The van der Waals surface area contributed by atoms with Crippen LogP contribution in [0.3, 0.4) is 0 Å². The molecule has 1 aromatic heterocycles. The molecule has 0 aliphatic carbocycles. The second-order valence-corrected chi connectivity index (χ2v) is 5.22. The van der Waals surface area contributed by atoms with E-state index in [0.717, 1.165) is 10.8 Å². The van der Waals surface area contributed by atoms with E-state index in [4.69, 9.17) is 4.42 Å². The number of hydrogen-bond acceptors (Lipinski definition) is 3. The summed E-state index contributed by atoms with van der Waals surface area (Å²) >= 11 is 0. The van der Waals surface area contributed by atoms with Crippen LogP contribution in [0.25, 0.3) is 21.7 Å². The molecule has 0 saturated carbocycles. The summed E-state index contributed by atoms with van der Waals surface area (Å²) in [5, 5.41) is 12.3. The SMILES string of the molecule is O=C(c1ccc2ccccc2c1)c1coc2ccc(O)cc12. The van der Waals surface area contributed by atoms with Crippen LogP contribution in [-0.4, -0.2) is 10.9 Å². The standard InChI is InChI=1S/C19H12O3/c20-15-7-8-18-16(10-15)17(11-22-18)19(21)14-6-5-12-3-1-2-4-13(12)9-14/h1-11,20H. The first-order valence-corrected chi connectivity index (χ1v) is 6.96. The van der Waals surface area contributed by atoms with E-state index < -0.39 is 0 Å². The Morgan fingerprint density at radius 3 is 2.59 bits per heavy atom. The van der Waals surface area contributed by atoms with Gasteiger partial charge in [-0.2, -0.15) is 0 Å². The zero-order valence-electron chi connectivity index (χ0n) is 11.6. The molecule has 22 heavy (non-hydrogen) atoms. The lowest BCUT2D eigenvalue weighted by molar-refractivity contribution is 0.103. The number of benzene rings is 3. The van der Waals surface area contributed by atoms with Gasteiger partial charge < -0.3 is 9.52 Å². The molecule has 3 aromatic carbocycles. The van der Waals surface area contributed by atoms with Crippen LogP contribution in [0, 0.1) is 0 Å². The molecular formula is C19H12O3. The van der Waals surface area contributed by atoms with Crippen LogP contribution in [0.15, 0.2) is 71.3 Å². The highest BCUT2D eigenvalue weighted by Gasteiger charge is 2.16. The molecule has 0 aliphatic heterocycles. The van der Waals surface area contributed by atoms with Crippen LogP contribution < -0.4 is 0 Å². The highest BCUT2D eigenvalue weighted by molar-refractivity contribution is 6.17. The van der Waals surface area contributed by atoms with E-state index in [1.165, 1.54) is 12.3 Å². The van der Waals surface area contributed by atoms with Crippen LogP contribution in [0.1, 0.15) is 15.9 Å². The minimum Gasteiger partial charge on any atom is -0.508 e. The minimum absolute atomic E-state index is 0.112. The molecule has 4 aromatic rings. The summed E-state index contributed by atoms with van der Waals surface area (Å²) in [6, 6.07) is 18.3. The zero-order valence-corrected chi connectivity index (χ0v) is 11.6. The predicted molar refractivity (Wildman–Crippen MR) is 85.3 cm³/mol. The smallest absolute Gasteiger partial charge is 0.196 e. The van der Waals surface area contributed by atoms with Gasteiger partial charge >= 0.3 is 0 Å². The quantitative estimate of drug-likeness (QED) is 0.552. The van der Waals surface area contributed by atoms with Crippen LogP contribution in [0.5, 0.6) is 5.75 Å². The lowest BCUT2D eigenvalue weighted by Gasteiger charge is -2.02. The van der Waals surface area contributed by atoms with Gasteiger partial charge in [-0.05, 0) is 35.0 Å². The predicted octanol–water partition coefficient (Wildman–Crippen LogP) is 4.52. The van der Waals surface area contributed by atoms with Crippen molar-refractivity contribution in [2.45, 2.75) is 0 Å². The van der Waals surface area contributed by atoms with Crippen molar-refractivity contribution < 1.29 is 14.3 Å². The van der Waals surface area contributed by atoms with Crippen LogP contribution in [0.4, 0.5) is 0 Å². The molecule has 0 saturated heterocycles. The molecule has 106 valence electrons. The monoisotopic (exact) mass is 288 g/mol. The van der Waals surface area contributed by atoms with E-state index in [0.29, 0.717) is 22.1 Å². The fourth-order valence-electron chi connectivity index (χ4n) is 2.68. The maximum atomic E-state index is 12.7. The molecular weight excluding hydrogens is 276 g/mol. The van der Waals surface area contributed by atoms with E-state index in [1.807, 2.05) is 42.5 Å². The summed E-state index contributed by atoms with van der Waals surface area (Å²) in [7, 11) is 0. The van der Waals surface area contributed by atoms with Crippen molar-refractivity contribution in [2.24, 2.45) is 0 Å². The largest absolute Gasteiger partial charge is 0.508 e. The highest BCUT2D eigenvalue weighted by Crippen LogP contribution is 2.27. The molecule has 0 radical (unpaired) electrons. The van der Waals surface area contributed by atoms with Crippen molar-refractivity contribution in [1.29, 1.82) is 0 Å². The third kappa shape index (κ3) is 1.95. The Labute approximate surface area is 126 Å².